The van der Waals surface area contributed by atoms with Crippen LogP contribution < -0.4 is 5.32 Å². The van der Waals surface area contributed by atoms with Crippen LogP contribution in [0.2, 0.25) is 0 Å². The molecule has 3 aromatic rings. The van der Waals surface area contributed by atoms with Gasteiger partial charge in [0.15, 0.2) is 5.82 Å². The van der Waals surface area contributed by atoms with E-state index in [-0.39, 0.29) is 5.91 Å². The van der Waals surface area contributed by atoms with E-state index in [2.05, 4.69) is 32.4 Å². The lowest BCUT2D eigenvalue weighted by molar-refractivity contribution is 0.103. The number of thiazole rings is 1. The van der Waals surface area contributed by atoms with Crippen LogP contribution in [0.4, 0.5) is 5.69 Å². The fourth-order valence-corrected chi connectivity index (χ4v) is 3.50. The first-order valence-electron chi connectivity index (χ1n) is 8.34. The summed E-state index contributed by atoms with van der Waals surface area (Å²) in [5, 5.41) is 11.0. The van der Waals surface area contributed by atoms with Crippen LogP contribution in [0.5, 0.6) is 0 Å². The first kappa shape index (κ1) is 17.3. The van der Waals surface area contributed by atoms with Gasteiger partial charge in [0.05, 0.1) is 10.7 Å². The summed E-state index contributed by atoms with van der Waals surface area (Å²) >= 11 is 1.48. The van der Waals surface area contributed by atoms with Crippen LogP contribution in [0.25, 0.3) is 11.4 Å². The number of nitrogens with zero attached hydrogens (tertiary/aromatic N) is 3. The second-order valence-electron chi connectivity index (χ2n) is 5.91. The number of H-pyrrole nitrogens is 1. The van der Waals surface area contributed by atoms with Gasteiger partial charge in [-0.15, -0.1) is 11.3 Å². The van der Waals surface area contributed by atoms with Crippen molar-refractivity contribution in [1.29, 1.82) is 0 Å². The number of hydrogen-bond acceptors (Lipinski definition) is 5. The predicted molar refractivity (Wildman–Crippen MR) is 100.0 cm³/mol. The number of aryl methyl sites for hydroxylation is 3. The molecule has 130 valence electrons. The second kappa shape index (κ2) is 7.57. The first-order chi connectivity index (χ1) is 12.1. The number of carbonyl (C=O) groups excluding carboxylic acids is 1. The van der Waals surface area contributed by atoms with Crippen molar-refractivity contribution < 1.29 is 4.79 Å². The Hall–Kier alpha value is -2.54. The molecule has 0 saturated heterocycles. The van der Waals surface area contributed by atoms with E-state index in [1.165, 1.54) is 11.3 Å². The highest BCUT2D eigenvalue weighted by Crippen LogP contribution is 2.23. The van der Waals surface area contributed by atoms with Crippen molar-refractivity contribution in [2.45, 2.75) is 40.0 Å². The minimum absolute atomic E-state index is 0.124. The zero-order valence-corrected chi connectivity index (χ0v) is 15.4. The molecule has 0 fully saturated rings. The molecule has 0 radical (unpaired) electrons. The second-order valence-corrected chi connectivity index (χ2v) is 6.99. The molecule has 0 atom stereocenters. The molecule has 1 amide bonds. The van der Waals surface area contributed by atoms with Gasteiger partial charge in [-0.05, 0) is 38.8 Å². The van der Waals surface area contributed by atoms with Crippen LogP contribution in [0.1, 0.15) is 46.0 Å². The predicted octanol–water partition coefficient (Wildman–Crippen LogP) is 4.14. The summed E-state index contributed by atoms with van der Waals surface area (Å²) in [5.74, 6) is 1.25. The van der Waals surface area contributed by atoms with Crippen LogP contribution in [0.3, 0.4) is 0 Å². The van der Waals surface area contributed by atoms with Gasteiger partial charge in [0.2, 0.25) is 0 Å². The van der Waals surface area contributed by atoms with Crippen molar-refractivity contribution in [2.75, 3.05) is 5.32 Å². The largest absolute Gasteiger partial charge is 0.321 e. The number of hydrogen-bond donors (Lipinski definition) is 2. The van der Waals surface area contributed by atoms with Crippen molar-refractivity contribution in [3.05, 3.63) is 45.7 Å². The third-order valence-electron chi connectivity index (χ3n) is 3.77. The van der Waals surface area contributed by atoms with E-state index < -0.39 is 0 Å². The highest BCUT2D eigenvalue weighted by Gasteiger charge is 2.16. The van der Waals surface area contributed by atoms with Gasteiger partial charge in [-0.3, -0.25) is 9.89 Å². The quantitative estimate of drug-likeness (QED) is 0.696. The number of carbonyl (C=O) groups is 1. The summed E-state index contributed by atoms with van der Waals surface area (Å²) in [5.41, 5.74) is 2.36. The molecule has 6 nitrogen and oxygen atoms in total. The Labute approximate surface area is 150 Å². The molecule has 0 aliphatic carbocycles. The summed E-state index contributed by atoms with van der Waals surface area (Å²) in [6.07, 6.45) is 3.13. The Morgan fingerprint density at radius 1 is 1.28 bits per heavy atom. The number of aromatic nitrogens is 4. The van der Waals surface area contributed by atoms with E-state index >= 15 is 0 Å². The van der Waals surface area contributed by atoms with Gasteiger partial charge in [0.25, 0.3) is 5.91 Å². The summed E-state index contributed by atoms with van der Waals surface area (Å²) in [7, 11) is 0. The topological polar surface area (TPSA) is 83.6 Å². The number of aromatic amines is 1. The Morgan fingerprint density at radius 3 is 2.84 bits per heavy atom. The Bertz CT molecular complexity index is 883. The van der Waals surface area contributed by atoms with E-state index in [1.54, 1.807) is 0 Å². The lowest BCUT2D eigenvalue weighted by Gasteiger charge is -2.05. The third kappa shape index (κ3) is 4.11. The molecule has 2 N–H and O–H groups in total. The van der Waals surface area contributed by atoms with Crippen molar-refractivity contribution in [1.82, 2.24) is 20.2 Å². The van der Waals surface area contributed by atoms with Crippen molar-refractivity contribution in [3.63, 3.8) is 0 Å². The molecule has 0 saturated carbocycles. The third-order valence-corrected chi connectivity index (χ3v) is 4.98. The lowest BCUT2D eigenvalue weighted by Crippen LogP contribution is -2.11. The van der Waals surface area contributed by atoms with E-state index in [9.17, 15) is 4.79 Å². The molecule has 2 aromatic heterocycles. The minimum Gasteiger partial charge on any atom is -0.321 e. The summed E-state index contributed by atoms with van der Waals surface area (Å²) in [6.45, 7) is 5.88. The first-order valence-corrected chi connectivity index (χ1v) is 9.15. The van der Waals surface area contributed by atoms with E-state index in [4.69, 9.17) is 0 Å². The van der Waals surface area contributed by atoms with Gasteiger partial charge in [-0.25, -0.2) is 9.97 Å². The van der Waals surface area contributed by atoms with E-state index in [0.29, 0.717) is 16.4 Å². The van der Waals surface area contributed by atoms with E-state index in [0.717, 1.165) is 41.4 Å². The molecule has 0 aliphatic rings. The van der Waals surface area contributed by atoms with Crippen molar-refractivity contribution >= 4 is 22.9 Å². The molecule has 2 heterocycles. The molecule has 0 spiro atoms. The highest BCUT2D eigenvalue weighted by molar-refractivity contribution is 7.13. The van der Waals surface area contributed by atoms with Crippen LogP contribution >= 0.6 is 11.3 Å². The smallest absolute Gasteiger partial charge is 0.267 e. The SMILES string of the molecule is CCCCc1nc(C)c(C(=O)Nc2cccc(-c3n[nH]c(C)n3)c2)s1. The monoisotopic (exact) mass is 355 g/mol. The molecule has 7 heteroatoms. The fourth-order valence-electron chi connectivity index (χ4n) is 2.49. The Morgan fingerprint density at radius 2 is 2.12 bits per heavy atom. The number of benzene rings is 1. The van der Waals surface area contributed by atoms with Crippen LogP contribution in [0, 0.1) is 13.8 Å². The molecule has 0 bridgehead atoms. The van der Waals surface area contributed by atoms with Gasteiger partial charge in [0.1, 0.15) is 10.7 Å². The van der Waals surface area contributed by atoms with E-state index in [1.807, 2.05) is 38.1 Å². The molecular weight excluding hydrogens is 334 g/mol. The Kier molecular flexibility index (Phi) is 5.23. The van der Waals surface area contributed by atoms with Crippen LogP contribution in [0.15, 0.2) is 24.3 Å². The molecule has 1 aromatic carbocycles. The number of nitrogens with one attached hydrogen (secondary N) is 2. The van der Waals surface area contributed by atoms with Crippen molar-refractivity contribution in [3.8, 4) is 11.4 Å². The maximum Gasteiger partial charge on any atom is 0.267 e. The van der Waals surface area contributed by atoms with Gasteiger partial charge in [0, 0.05) is 11.3 Å². The maximum atomic E-state index is 12.6. The van der Waals surface area contributed by atoms with Gasteiger partial charge < -0.3 is 5.32 Å². The fraction of sp³-hybridized carbons (Fsp3) is 0.333. The standard InChI is InChI=1S/C18H21N5OS/c1-4-5-9-15-19-11(2)16(25-15)18(24)21-14-8-6-7-13(10-14)17-20-12(3)22-23-17/h6-8,10H,4-5,9H2,1-3H3,(H,21,24)(H,20,22,23). The molecule has 0 aliphatic heterocycles. The van der Waals surface area contributed by atoms with Gasteiger partial charge in [-0.1, -0.05) is 25.5 Å². The summed E-state index contributed by atoms with van der Waals surface area (Å²) in [6, 6.07) is 7.52. The lowest BCUT2D eigenvalue weighted by atomic mass is 10.2. The average molecular weight is 355 g/mol. The van der Waals surface area contributed by atoms with Gasteiger partial charge >= 0.3 is 0 Å². The highest BCUT2D eigenvalue weighted by atomic mass is 32.1. The molecule has 3 rings (SSSR count). The Balaban J connectivity index is 1.76. The molecule has 25 heavy (non-hydrogen) atoms. The van der Waals surface area contributed by atoms with Crippen molar-refractivity contribution in [2.24, 2.45) is 0 Å². The summed E-state index contributed by atoms with van der Waals surface area (Å²) < 4.78 is 0. The van der Waals surface area contributed by atoms with Crippen LogP contribution in [-0.4, -0.2) is 26.1 Å². The van der Waals surface area contributed by atoms with Crippen LogP contribution in [-0.2, 0) is 6.42 Å². The number of rotatable bonds is 6. The zero-order chi connectivity index (χ0) is 17.8. The number of amides is 1. The number of unbranched alkanes of at least 4 members (excludes halogenated alkanes) is 1. The zero-order valence-electron chi connectivity index (χ0n) is 14.6. The molecule has 0 unspecified atom stereocenters. The number of anilines is 1. The normalized spacial score (nSPS) is 10.8. The molecular formula is C18H21N5OS. The summed E-state index contributed by atoms with van der Waals surface area (Å²) in [4.78, 5) is 22.1. The van der Waals surface area contributed by atoms with Gasteiger partial charge in [-0.2, -0.15) is 5.10 Å². The minimum atomic E-state index is -0.124. The average Bonchev–Trinajstić information content (AvgIpc) is 3.19. The maximum absolute atomic E-state index is 12.6.